The van der Waals surface area contributed by atoms with Crippen LogP contribution >= 0.6 is 11.3 Å². The summed E-state index contributed by atoms with van der Waals surface area (Å²) < 4.78 is 4.65. The molecule has 0 aliphatic carbocycles. The Morgan fingerprint density at radius 1 is 1.53 bits per heavy atom. The van der Waals surface area contributed by atoms with Crippen molar-refractivity contribution in [3.8, 4) is 0 Å². The largest absolute Gasteiger partial charge is 0.464 e. The van der Waals surface area contributed by atoms with E-state index in [4.69, 9.17) is 0 Å². The number of methoxy groups -OCH3 is 1. The van der Waals surface area contributed by atoms with Crippen LogP contribution < -0.4 is 5.32 Å². The molecule has 0 unspecified atom stereocenters. The standard InChI is InChI=1S/C11H11N3O2S/c1-7-9(10(15)16-2)14-11(17-7)13-8-4-3-5-12-6-8/h3-6H,1-2H3,(H,13,14). The van der Waals surface area contributed by atoms with Gasteiger partial charge in [0.15, 0.2) is 10.8 Å². The average Bonchev–Trinajstić information content (AvgIpc) is 2.70. The average molecular weight is 249 g/mol. The van der Waals surface area contributed by atoms with Crippen LogP contribution in [0.3, 0.4) is 0 Å². The summed E-state index contributed by atoms with van der Waals surface area (Å²) in [5, 5.41) is 3.73. The predicted molar refractivity (Wildman–Crippen MR) is 65.7 cm³/mol. The molecule has 2 heterocycles. The molecule has 5 nitrogen and oxygen atoms in total. The van der Waals surface area contributed by atoms with Gasteiger partial charge >= 0.3 is 5.97 Å². The van der Waals surface area contributed by atoms with E-state index >= 15 is 0 Å². The molecule has 0 aliphatic rings. The van der Waals surface area contributed by atoms with Crippen LogP contribution in [0.5, 0.6) is 0 Å². The normalized spacial score (nSPS) is 10.0. The molecule has 0 spiro atoms. The van der Waals surface area contributed by atoms with Crippen molar-refractivity contribution in [3.05, 3.63) is 35.1 Å². The molecule has 0 saturated carbocycles. The lowest BCUT2D eigenvalue weighted by atomic mass is 10.4. The van der Waals surface area contributed by atoms with Gasteiger partial charge in [0, 0.05) is 11.1 Å². The van der Waals surface area contributed by atoms with E-state index in [1.807, 2.05) is 19.1 Å². The summed E-state index contributed by atoms with van der Waals surface area (Å²) >= 11 is 1.40. The van der Waals surface area contributed by atoms with Gasteiger partial charge in [-0.3, -0.25) is 4.98 Å². The number of nitrogens with one attached hydrogen (secondary N) is 1. The number of anilines is 2. The highest BCUT2D eigenvalue weighted by molar-refractivity contribution is 7.15. The molecular weight excluding hydrogens is 238 g/mol. The van der Waals surface area contributed by atoms with Crippen molar-refractivity contribution < 1.29 is 9.53 Å². The minimum atomic E-state index is -0.419. The molecular formula is C11H11N3O2S. The Hall–Kier alpha value is -1.95. The molecule has 0 fully saturated rings. The van der Waals surface area contributed by atoms with Crippen LogP contribution in [0.25, 0.3) is 0 Å². The minimum absolute atomic E-state index is 0.351. The Bertz CT molecular complexity index is 525. The van der Waals surface area contributed by atoms with Crippen LogP contribution in [-0.4, -0.2) is 23.0 Å². The number of hydrogen-bond acceptors (Lipinski definition) is 6. The van der Waals surface area contributed by atoms with Crippen molar-refractivity contribution in [2.75, 3.05) is 12.4 Å². The van der Waals surface area contributed by atoms with Crippen molar-refractivity contribution in [3.63, 3.8) is 0 Å². The lowest BCUT2D eigenvalue weighted by Gasteiger charge is -1.99. The lowest BCUT2D eigenvalue weighted by molar-refractivity contribution is 0.0594. The molecule has 88 valence electrons. The van der Waals surface area contributed by atoms with E-state index in [1.165, 1.54) is 18.4 Å². The number of esters is 1. The fourth-order valence-electron chi connectivity index (χ4n) is 1.30. The molecule has 2 rings (SSSR count). The Morgan fingerprint density at radius 3 is 3.00 bits per heavy atom. The summed E-state index contributed by atoms with van der Waals surface area (Å²) in [6.45, 7) is 1.83. The third kappa shape index (κ3) is 2.59. The first-order chi connectivity index (χ1) is 8.20. The third-order valence-electron chi connectivity index (χ3n) is 2.09. The molecule has 6 heteroatoms. The van der Waals surface area contributed by atoms with E-state index in [2.05, 4.69) is 20.0 Å². The number of carbonyl (C=O) groups excluding carboxylic acids is 1. The lowest BCUT2D eigenvalue weighted by Crippen LogP contribution is -2.03. The van der Waals surface area contributed by atoms with Crippen LogP contribution in [0.2, 0.25) is 0 Å². The molecule has 0 amide bonds. The van der Waals surface area contributed by atoms with Crippen molar-refractivity contribution in [2.45, 2.75) is 6.92 Å². The smallest absolute Gasteiger partial charge is 0.357 e. The van der Waals surface area contributed by atoms with Gasteiger partial charge in [0.2, 0.25) is 0 Å². The van der Waals surface area contributed by atoms with E-state index in [1.54, 1.807) is 12.4 Å². The predicted octanol–water partition coefficient (Wildman–Crippen LogP) is 2.38. The summed E-state index contributed by atoms with van der Waals surface area (Å²) in [6, 6.07) is 3.70. The molecule has 0 atom stereocenters. The zero-order valence-corrected chi connectivity index (χ0v) is 10.2. The second-order valence-corrected chi connectivity index (χ2v) is 4.49. The zero-order chi connectivity index (χ0) is 12.3. The number of rotatable bonds is 3. The van der Waals surface area contributed by atoms with Crippen molar-refractivity contribution in [1.82, 2.24) is 9.97 Å². The van der Waals surface area contributed by atoms with Crippen LogP contribution in [-0.2, 0) is 4.74 Å². The molecule has 0 bridgehead atoms. The second-order valence-electron chi connectivity index (χ2n) is 3.28. The maximum absolute atomic E-state index is 11.4. The summed E-state index contributed by atoms with van der Waals surface area (Å²) in [5.41, 5.74) is 1.18. The molecule has 17 heavy (non-hydrogen) atoms. The van der Waals surface area contributed by atoms with Crippen LogP contribution in [0.4, 0.5) is 10.8 Å². The molecule has 0 saturated heterocycles. The summed E-state index contributed by atoms with van der Waals surface area (Å²) in [7, 11) is 1.34. The number of aryl methyl sites for hydroxylation is 1. The number of ether oxygens (including phenoxy) is 1. The highest BCUT2D eigenvalue weighted by atomic mass is 32.1. The van der Waals surface area contributed by atoms with E-state index in [0.717, 1.165) is 10.6 Å². The fourth-order valence-corrected chi connectivity index (χ4v) is 2.12. The van der Waals surface area contributed by atoms with Crippen molar-refractivity contribution >= 4 is 28.1 Å². The van der Waals surface area contributed by atoms with Gasteiger partial charge in [0.05, 0.1) is 19.0 Å². The van der Waals surface area contributed by atoms with E-state index in [9.17, 15) is 4.79 Å². The summed E-state index contributed by atoms with van der Waals surface area (Å²) in [5.74, 6) is -0.419. The van der Waals surface area contributed by atoms with Gasteiger partial charge in [-0.25, -0.2) is 9.78 Å². The molecule has 1 N–H and O–H groups in total. The van der Waals surface area contributed by atoms with Gasteiger partial charge in [-0.15, -0.1) is 11.3 Å². The second kappa shape index (κ2) is 4.92. The van der Waals surface area contributed by atoms with Gasteiger partial charge in [-0.2, -0.15) is 0 Å². The summed E-state index contributed by atoms with van der Waals surface area (Å²) in [4.78, 5) is 20.4. The van der Waals surface area contributed by atoms with Crippen LogP contribution in [0.1, 0.15) is 15.4 Å². The maximum atomic E-state index is 11.4. The number of pyridine rings is 1. The van der Waals surface area contributed by atoms with Gasteiger partial charge in [-0.1, -0.05) is 0 Å². The van der Waals surface area contributed by atoms with Gasteiger partial charge in [0.1, 0.15) is 0 Å². The zero-order valence-electron chi connectivity index (χ0n) is 9.43. The Kier molecular flexibility index (Phi) is 3.34. The molecule has 2 aromatic heterocycles. The number of nitrogens with zero attached hydrogens (tertiary/aromatic N) is 2. The molecule has 0 aromatic carbocycles. The highest BCUT2D eigenvalue weighted by Gasteiger charge is 2.15. The topological polar surface area (TPSA) is 64.1 Å². The molecule has 0 aliphatic heterocycles. The number of aromatic nitrogens is 2. The first-order valence-corrected chi connectivity index (χ1v) is 5.75. The monoisotopic (exact) mass is 249 g/mol. The first-order valence-electron chi connectivity index (χ1n) is 4.93. The Labute approximate surface area is 102 Å². The Balaban J connectivity index is 2.21. The van der Waals surface area contributed by atoms with E-state index in [0.29, 0.717) is 10.8 Å². The summed E-state index contributed by atoms with van der Waals surface area (Å²) in [6.07, 6.45) is 3.38. The minimum Gasteiger partial charge on any atom is -0.464 e. The third-order valence-corrected chi connectivity index (χ3v) is 2.97. The van der Waals surface area contributed by atoms with Gasteiger partial charge in [-0.05, 0) is 19.1 Å². The molecule has 2 aromatic rings. The van der Waals surface area contributed by atoms with Crippen molar-refractivity contribution in [1.29, 1.82) is 0 Å². The van der Waals surface area contributed by atoms with Gasteiger partial charge in [0.25, 0.3) is 0 Å². The highest BCUT2D eigenvalue weighted by Crippen LogP contribution is 2.25. The maximum Gasteiger partial charge on any atom is 0.357 e. The quantitative estimate of drug-likeness (QED) is 0.846. The fraction of sp³-hybridized carbons (Fsp3) is 0.182. The number of hydrogen-bond donors (Lipinski definition) is 1. The van der Waals surface area contributed by atoms with E-state index in [-0.39, 0.29) is 0 Å². The van der Waals surface area contributed by atoms with Crippen LogP contribution in [0.15, 0.2) is 24.5 Å². The van der Waals surface area contributed by atoms with Crippen LogP contribution in [0, 0.1) is 6.92 Å². The Morgan fingerprint density at radius 2 is 2.35 bits per heavy atom. The van der Waals surface area contributed by atoms with E-state index < -0.39 is 5.97 Å². The van der Waals surface area contributed by atoms with Crippen molar-refractivity contribution in [2.24, 2.45) is 0 Å². The molecule has 0 radical (unpaired) electrons. The number of carbonyl (C=O) groups is 1. The van der Waals surface area contributed by atoms with Gasteiger partial charge < -0.3 is 10.1 Å². The first kappa shape index (κ1) is 11.5. The SMILES string of the molecule is COC(=O)c1nc(Nc2cccnc2)sc1C. The number of thiazole rings is 1.